The van der Waals surface area contributed by atoms with Gasteiger partial charge in [-0.3, -0.25) is 14.9 Å². The number of rotatable bonds is 6. The molecule has 1 aliphatic heterocycles. The maximum atomic E-state index is 12.0. The van der Waals surface area contributed by atoms with E-state index < -0.39 is 0 Å². The molecule has 3 aliphatic rings. The molecule has 0 radical (unpaired) electrons. The van der Waals surface area contributed by atoms with Gasteiger partial charge in [0.1, 0.15) is 11.6 Å². The molecule has 2 unspecified atom stereocenters. The first-order valence-corrected chi connectivity index (χ1v) is 11.2. The number of amides is 2. The van der Waals surface area contributed by atoms with Gasteiger partial charge < -0.3 is 10.6 Å². The molecule has 0 spiro atoms. The highest BCUT2D eigenvalue weighted by molar-refractivity contribution is 6.20. The molecule has 2 aliphatic carbocycles. The van der Waals surface area contributed by atoms with E-state index in [9.17, 15) is 9.59 Å². The van der Waals surface area contributed by atoms with E-state index in [1.165, 1.54) is 5.57 Å². The van der Waals surface area contributed by atoms with E-state index in [0.29, 0.717) is 35.3 Å². The lowest BCUT2D eigenvalue weighted by atomic mass is 9.89. The molecular formula is C22H25ClN6O2. The van der Waals surface area contributed by atoms with Gasteiger partial charge in [-0.2, -0.15) is 9.61 Å². The van der Waals surface area contributed by atoms with Crippen LogP contribution in [0.25, 0.3) is 11.7 Å². The van der Waals surface area contributed by atoms with Crippen LogP contribution in [-0.2, 0) is 9.59 Å². The lowest BCUT2D eigenvalue weighted by Crippen LogP contribution is -2.19. The molecule has 0 bridgehead atoms. The van der Waals surface area contributed by atoms with E-state index >= 15 is 0 Å². The van der Waals surface area contributed by atoms with Crippen molar-refractivity contribution in [1.82, 2.24) is 19.9 Å². The number of nitrogens with one attached hydrogen (secondary N) is 3. The summed E-state index contributed by atoms with van der Waals surface area (Å²) in [6.07, 6.45) is 9.84. The minimum Gasteiger partial charge on any atom is -0.367 e. The zero-order valence-electron chi connectivity index (χ0n) is 17.3. The number of nitrogens with zero attached hydrogens (tertiary/aromatic N) is 3. The molecule has 1 saturated carbocycles. The molecule has 2 aromatic heterocycles. The molecule has 1 saturated heterocycles. The third-order valence-corrected chi connectivity index (χ3v) is 6.36. The number of alkyl halides is 1. The van der Waals surface area contributed by atoms with Crippen LogP contribution in [-0.4, -0.2) is 44.4 Å². The summed E-state index contributed by atoms with van der Waals surface area (Å²) in [5.74, 6) is 1.39. The second-order valence-electron chi connectivity index (χ2n) is 8.61. The highest BCUT2D eigenvalue weighted by atomic mass is 35.5. The number of allylic oxidation sites excluding steroid dienone is 1. The van der Waals surface area contributed by atoms with E-state index in [1.54, 1.807) is 16.8 Å². The van der Waals surface area contributed by atoms with E-state index in [0.717, 1.165) is 37.3 Å². The molecule has 2 amide bonds. The fourth-order valence-corrected chi connectivity index (χ4v) is 4.43. The predicted molar refractivity (Wildman–Crippen MR) is 120 cm³/mol. The van der Waals surface area contributed by atoms with Crippen LogP contribution in [0.5, 0.6) is 0 Å². The number of carbonyl (C=O) groups is 2. The SMILES string of the molecule is CC1CC(Cl)CC=C1CNc1cc(NC2CC2)n2ncc(/C=C3\CC(=O)NC3=O)c2n1. The fourth-order valence-electron chi connectivity index (χ4n) is 4.07. The van der Waals surface area contributed by atoms with Crippen LogP contribution in [0.4, 0.5) is 11.6 Å². The van der Waals surface area contributed by atoms with Gasteiger partial charge in [-0.25, -0.2) is 4.98 Å². The Bertz CT molecular complexity index is 1120. The Morgan fingerprint density at radius 1 is 1.35 bits per heavy atom. The van der Waals surface area contributed by atoms with Crippen LogP contribution in [0.15, 0.2) is 29.5 Å². The van der Waals surface area contributed by atoms with Crippen LogP contribution in [0.2, 0.25) is 0 Å². The zero-order valence-corrected chi connectivity index (χ0v) is 18.1. The summed E-state index contributed by atoms with van der Waals surface area (Å²) in [7, 11) is 0. The number of aromatic nitrogens is 3. The number of hydrogen-bond donors (Lipinski definition) is 3. The summed E-state index contributed by atoms with van der Waals surface area (Å²) in [5, 5.41) is 14.0. The lowest BCUT2D eigenvalue weighted by molar-refractivity contribution is -0.124. The van der Waals surface area contributed by atoms with Crippen molar-refractivity contribution in [1.29, 1.82) is 0 Å². The van der Waals surface area contributed by atoms with Gasteiger partial charge in [0, 0.05) is 35.2 Å². The fraction of sp³-hybridized carbons (Fsp3) is 0.455. The molecular weight excluding hydrogens is 416 g/mol. The minimum atomic E-state index is -0.356. The first kappa shape index (κ1) is 20.1. The Balaban J connectivity index is 1.46. The molecule has 5 rings (SSSR count). The van der Waals surface area contributed by atoms with Crippen molar-refractivity contribution in [3.05, 3.63) is 35.0 Å². The Kier molecular flexibility index (Phi) is 5.17. The number of anilines is 2. The molecule has 9 heteroatoms. The molecule has 0 aromatic carbocycles. The number of hydrogen-bond acceptors (Lipinski definition) is 6. The van der Waals surface area contributed by atoms with Crippen LogP contribution in [0.1, 0.15) is 44.6 Å². The normalized spacial score (nSPS) is 25.1. The Morgan fingerprint density at radius 2 is 2.19 bits per heavy atom. The molecule has 162 valence electrons. The molecule has 31 heavy (non-hydrogen) atoms. The standard InChI is InChI=1S/C22H25ClN6O2/c1-12-6-16(23)3-2-13(12)10-24-18-9-19(26-17-4-5-17)29-21(27-18)15(11-25-29)7-14-8-20(30)28-22(14)31/h2,7,9,11-12,16-17,26H,3-6,8,10H2,1H3,(H,24,27)(H,28,30,31)/b14-7+. The second kappa shape index (κ2) is 8.00. The van der Waals surface area contributed by atoms with Gasteiger partial charge in [-0.15, -0.1) is 11.6 Å². The van der Waals surface area contributed by atoms with Gasteiger partial charge in [0.15, 0.2) is 5.65 Å². The first-order valence-electron chi connectivity index (χ1n) is 10.7. The van der Waals surface area contributed by atoms with Crippen molar-refractivity contribution in [3.8, 4) is 0 Å². The van der Waals surface area contributed by atoms with Crippen LogP contribution in [0, 0.1) is 5.92 Å². The maximum Gasteiger partial charge on any atom is 0.254 e. The topological polar surface area (TPSA) is 100 Å². The number of halogens is 1. The molecule has 8 nitrogen and oxygen atoms in total. The van der Waals surface area contributed by atoms with Gasteiger partial charge in [0.05, 0.1) is 12.6 Å². The summed E-state index contributed by atoms with van der Waals surface area (Å²) < 4.78 is 1.76. The zero-order chi connectivity index (χ0) is 21.5. The number of fused-ring (bicyclic) bond motifs is 1. The van der Waals surface area contributed by atoms with Crippen molar-refractivity contribution in [2.45, 2.75) is 50.4 Å². The minimum absolute atomic E-state index is 0.0783. The Morgan fingerprint density at radius 3 is 2.90 bits per heavy atom. The number of carbonyl (C=O) groups excluding carboxylic acids is 2. The highest BCUT2D eigenvalue weighted by Gasteiger charge is 2.26. The van der Waals surface area contributed by atoms with Gasteiger partial charge >= 0.3 is 0 Å². The summed E-state index contributed by atoms with van der Waals surface area (Å²) in [5.41, 5.74) is 3.11. The van der Waals surface area contributed by atoms with Crippen LogP contribution < -0.4 is 16.0 Å². The van der Waals surface area contributed by atoms with E-state index in [2.05, 4.69) is 34.0 Å². The van der Waals surface area contributed by atoms with Crippen molar-refractivity contribution >= 4 is 46.8 Å². The smallest absolute Gasteiger partial charge is 0.254 e. The third-order valence-electron chi connectivity index (χ3n) is 6.01. The van der Waals surface area contributed by atoms with Crippen molar-refractivity contribution < 1.29 is 9.59 Å². The molecule has 3 N–H and O–H groups in total. The summed E-state index contributed by atoms with van der Waals surface area (Å²) in [6, 6.07) is 2.42. The van der Waals surface area contributed by atoms with Gasteiger partial charge in [-0.05, 0) is 37.7 Å². The van der Waals surface area contributed by atoms with Crippen molar-refractivity contribution in [2.24, 2.45) is 5.92 Å². The summed E-state index contributed by atoms with van der Waals surface area (Å²) >= 11 is 6.28. The Labute approximate surface area is 185 Å². The number of imide groups is 1. The summed E-state index contributed by atoms with van der Waals surface area (Å²) in [4.78, 5) is 28.3. The van der Waals surface area contributed by atoms with Gasteiger partial charge in [0.2, 0.25) is 5.91 Å². The predicted octanol–water partition coefficient (Wildman–Crippen LogP) is 3.11. The van der Waals surface area contributed by atoms with Crippen LogP contribution in [0.3, 0.4) is 0 Å². The maximum absolute atomic E-state index is 12.0. The largest absolute Gasteiger partial charge is 0.367 e. The molecule has 3 heterocycles. The van der Waals surface area contributed by atoms with E-state index in [-0.39, 0.29) is 23.6 Å². The Hall–Kier alpha value is -2.87. The second-order valence-corrected chi connectivity index (χ2v) is 9.22. The van der Waals surface area contributed by atoms with Crippen molar-refractivity contribution in [2.75, 3.05) is 17.2 Å². The highest BCUT2D eigenvalue weighted by Crippen LogP contribution is 2.30. The summed E-state index contributed by atoms with van der Waals surface area (Å²) in [6.45, 7) is 2.91. The lowest BCUT2D eigenvalue weighted by Gasteiger charge is -2.24. The first-order chi connectivity index (χ1) is 15.0. The van der Waals surface area contributed by atoms with Crippen LogP contribution >= 0.6 is 11.6 Å². The van der Waals surface area contributed by atoms with Crippen molar-refractivity contribution in [3.63, 3.8) is 0 Å². The average Bonchev–Trinajstić information content (AvgIpc) is 3.36. The van der Waals surface area contributed by atoms with Gasteiger partial charge in [0.25, 0.3) is 5.91 Å². The molecule has 2 fully saturated rings. The quantitative estimate of drug-likeness (QED) is 0.276. The van der Waals surface area contributed by atoms with E-state index in [4.69, 9.17) is 16.6 Å². The molecule has 2 atom stereocenters. The van der Waals surface area contributed by atoms with Gasteiger partial charge in [-0.1, -0.05) is 18.6 Å². The monoisotopic (exact) mass is 440 g/mol. The van der Waals surface area contributed by atoms with E-state index in [1.807, 2.05) is 6.07 Å². The average molecular weight is 441 g/mol. The molecule has 2 aromatic rings. The third kappa shape index (κ3) is 4.30.